The molecule has 0 bridgehead atoms. The lowest BCUT2D eigenvalue weighted by atomic mass is 9.97. The van der Waals surface area contributed by atoms with E-state index in [-0.39, 0.29) is 11.8 Å². The van der Waals surface area contributed by atoms with Crippen LogP contribution in [0.4, 0.5) is 11.6 Å². The van der Waals surface area contributed by atoms with Crippen molar-refractivity contribution in [2.24, 2.45) is 5.92 Å². The van der Waals surface area contributed by atoms with E-state index in [0.717, 1.165) is 42.2 Å². The minimum atomic E-state index is -0.103. The Labute approximate surface area is 169 Å². The van der Waals surface area contributed by atoms with Crippen LogP contribution in [0.2, 0.25) is 0 Å². The largest absolute Gasteiger partial charge is 0.497 e. The molecule has 1 fully saturated rings. The summed E-state index contributed by atoms with van der Waals surface area (Å²) >= 11 is 0. The van der Waals surface area contributed by atoms with Gasteiger partial charge in [0.2, 0.25) is 5.91 Å². The van der Waals surface area contributed by atoms with E-state index in [1.54, 1.807) is 19.4 Å². The first-order valence-corrected chi connectivity index (χ1v) is 9.68. The number of ether oxygens (including phenoxy) is 1. The molecule has 1 amide bonds. The van der Waals surface area contributed by atoms with E-state index in [2.05, 4.69) is 25.4 Å². The van der Waals surface area contributed by atoms with Crippen molar-refractivity contribution in [2.45, 2.75) is 12.8 Å². The van der Waals surface area contributed by atoms with Gasteiger partial charge in [-0.3, -0.25) is 4.79 Å². The van der Waals surface area contributed by atoms with Gasteiger partial charge < -0.3 is 15.0 Å². The van der Waals surface area contributed by atoms with Gasteiger partial charge in [0.1, 0.15) is 11.6 Å². The van der Waals surface area contributed by atoms with Crippen LogP contribution >= 0.6 is 0 Å². The highest BCUT2D eigenvalue weighted by atomic mass is 16.5. The Bertz CT molecular complexity index is 945. The Hall–Kier alpha value is -3.48. The fourth-order valence-corrected chi connectivity index (χ4v) is 3.47. The van der Waals surface area contributed by atoms with Crippen LogP contribution < -0.4 is 15.0 Å². The van der Waals surface area contributed by atoms with Crippen LogP contribution in [0.5, 0.6) is 5.75 Å². The number of carbonyl (C=O) groups excluding carboxylic acids is 1. The highest BCUT2D eigenvalue weighted by molar-refractivity contribution is 5.92. The second kappa shape index (κ2) is 8.68. The summed E-state index contributed by atoms with van der Waals surface area (Å²) in [4.78, 5) is 18.9. The predicted molar refractivity (Wildman–Crippen MR) is 112 cm³/mol. The number of hydrogen-bond donors (Lipinski definition) is 1. The number of aromatic nitrogens is 3. The van der Waals surface area contributed by atoms with Crippen LogP contribution in [-0.4, -0.2) is 41.3 Å². The molecule has 3 heterocycles. The number of piperidine rings is 1. The molecule has 0 spiro atoms. The van der Waals surface area contributed by atoms with Gasteiger partial charge in [0.25, 0.3) is 0 Å². The lowest BCUT2D eigenvalue weighted by Crippen LogP contribution is -2.41. The number of anilines is 2. The molecule has 148 valence electrons. The molecule has 1 aliphatic rings. The van der Waals surface area contributed by atoms with Gasteiger partial charge >= 0.3 is 0 Å². The fourth-order valence-electron chi connectivity index (χ4n) is 3.47. The number of carbonyl (C=O) groups is 1. The molecule has 7 nitrogen and oxygen atoms in total. The number of benzene rings is 1. The maximum atomic E-state index is 12.6. The summed E-state index contributed by atoms with van der Waals surface area (Å²) in [6, 6.07) is 17.1. The molecular formula is C22H23N5O2. The molecule has 0 unspecified atom stereocenters. The maximum Gasteiger partial charge on any atom is 0.230 e. The zero-order valence-corrected chi connectivity index (χ0v) is 16.3. The number of nitrogens with one attached hydrogen (secondary N) is 1. The van der Waals surface area contributed by atoms with Gasteiger partial charge in [-0.1, -0.05) is 6.07 Å². The third kappa shape index (κ3) is 4.51. The highest BCUT2D eigenvalue weighted by Crippen LogP contribution is 2.25. The lowest BCUT2D eigenvalue weighted by Gasteiger charge is -2.32. The first kappa shape index (κ1) is 18.9. The number of pyridine rings is 1. The van der Waals surface area contributed by atoms with Crippen LogP contribution in [0.25, 0.3) is 11.3 Å². The Morgan fingerprint density at radius 3 is 2.66 bits per heavy atom. The molecule has 29 heavy (non-hydrogen) atoms. The van der Waals surface area contributed by atoms with Gasteiger partial charge in [0, 0.05) is 24.8 Å². The van der Waals surface area contributed by atoms with Crippen molar-refractivity contribution < 1.29 is 9.53 Å². The molecule has 1 aromatic carbocycles. The van der Waals surface area contributed by atoms with E-state index in [4.69, 9.17) is 4.74 Å². The maximum absolute atomic E-state index is 12.6. The number of hydrogen-bond acceptors (Lipinski definition) is 6. The fraction of sp³-hybridized carbons (Fsp3) is 0.273. The lowest BCUT2D eigenvalue weighted by molar-refractivity contribution is -0.120. The minimum absolute atomic E-state index is 0.00351. The van der Waals surface area contributed by atoms with E-state index in [9.17, 15) is 4.79 Å². The summed E-state index contributed by atoms with van der Waals surface area (Å²) in [5.41, 5.74) is 1.79. The number of amides is 1. The van der Waals surface area contributed by atoms with Crippen molar-refractivity contribution >= 4 is 17.5 Å². The standard InChI is InChI=1S/C22H23N5O2/c1-29-18-9-7-16(8-10-18)19-11-12-21(26-25-19)27-14-4-5-17(15-27)22(28)24-20-6-2-3-13-23-20/h2-3,6-13,17H,4-5,14-15H2,1H3,(H,23,24,28)/t17-/m0/s1. The van der Waals surface area contributed by atoms with Crippen LogP contribution in [0.15, 0.2) is 60.8 Å². The third-order valence-electron chi connectivity index (χ3n) is 5.07. The average Bonchev–Trinajstić information content (AvgIpc) is 2.80. The van der Waals surface area contributed by atoms with E-state index >= 15 is 0 Å². The van der Waals surface area contributed by atoms with Crippen molar-refractivity contribution in [2.75, 3.05) is 30.4 Å². The van der Waals surface area contributed by atoms with Gasteiger partial charge in [-0.15, -0.1) is 10.2 Å². The summed E-state index contributed by atoms with van der Waals surface area (Å²) in [7, 11) is 1.64. The number of methoxy groups -OCH3 is 1. The predicted octanol–water partition coefficient (Wildman–Crippen LogP) is 3.40. The summed E-state index contributed by atoms with van der Waals surface area (Å²) in [6.45, 7) is 1.49. The van der Waals surface area contributed by atoms with Crippen LogP contribution in [0.1, 0.15) is 12.8 Å². The van der Waals surface area contributed by atoms with Gasteiger partial charge in [0.15, 0.2) is 5.82 Å². The van der Waals surface area contributed by atoms with E-state index < -0.39 is 0 Å². The number of rotatable bonds is 5. The Morgan fingerprint density at radius 2 is 1.97 bits per heavy atom. The minimum Gasteiger partial charge on any atom is -0.497 e. The van der Waals surface area contributed by atoms with E-state index in [1.807, 2.05) is 48.5 Å². The third-order valence-corrected chi connectivity index (χ3v) is 5.07. The molecule has 7 heteroatoms. The SMILES string of the molecule is COc1ccc(-c2ccc(N3CCC[C@H](C(=O)Nc4ccccn4)C3)nn2)cc1. The topological polar surface area (TPSA) is 80.2 Å². The Kier molecular flexibility index (Phi) is 5.65. The second-order valence-corrected chi connectivity index (χ2v) is 6.99. The van der Waals surface area contributed by atoms with Gasteiger partial charge in [-0.2, -0.15) is 0 Å². The van der Waals surface area contributed by atoms with Gasteiger partial charge in [-0.05, 0) is 61.4 Å². The van der Waals surface area contributed by atoms with Crippen molar-refractivity contribution in [1.82, 2.24) is 15.2 Å². The molecule has 3 aromatic rings. The molecule has 0 saturated carbocycles. The van der Waals surface area contributed by atoms with E-state index in [0.29, 0.717) is 12.4 Å². The summed E-state index contributed by atoms with van der Waals surface area (Å²) in [6.07, 6.45) is 3.46. The summed E-state index contributed by atoms with van der Waals surface area (Å²) in [5, 5.41) is 11.7. The smallest absolute Gasteiger partial charge is 0.230 e. The van der Waals surface area contributed by atoms with Crippen molar-refractivity contribution in [3.8, 4) is 17.0 Å². The first-order valence-electron chi connectivity index (χ1n) is 9.68. The molecule has 0 radical (unpaired) electrons. The second-order valence-electron chi connectivity index (χ2n) is 6.99. The van der Waals surface area contributed by atoms with Crippen LogP contribution in [-0.2, 0) is 4.79 Å². The first-order chi connectivity index (χ1) is 14.2. The van der Waals surface area contributed by atoms with Crippen molar-refractivity contribution in [3.05, 3.63) is 60.8 Å². The highest BCUT2D eigenvalue weighted by Gasteiger charge is 2.27. The number of nitrogens with zero attached hydrogens (tertiary/aromatic N) is 4. The van der Waals surface area contributed by atoms with Crippen LogP contribution in [0.3, 0.4) is 0 Å². The van der Waals surface area contributed by atoms with E-state index in [1.165, 1.54) is 0 Å². The molecule has 0 aliphatic carbocycles. The molecule has 1 aliphatic heterocycles. The quantitative estimate of drug-likeness (QED) is 0.720. The van der Waals surface area contributed by atoms with Crippen LogP contribution in [0, 0.1) is 5.92 Å². The average molecular weight is 389 g/mol. The summed E-state index contributed by atoms with van der Waals surface area (Å²) < 4.78 is 5.19. The molecule has 1 N–H and O–H groups in total. The Morgan fingerprint density at radius 1 is 1.10 bits per heavy atom. The molecular weight excluding hydrogens is 366 g/mol. The summed E-state index contributed by atoms with van der Waals surface area (Å²) in [5.74, 6) is 2.07. The van der Waals surface area contributed by atoms with Gasteiger partial charge in [0.05, 0.1) is 18.7 Å². The molecule has 4 rings (SSSR count). The van der Waals surface area contributed by atoms with Gasteiger partial charge in [-0.25, -0.2) is 4.98 Å². The normalized spacial score (nSPS) is 16.3. The molecule has 2 aromatic heterocycles. The molecule has 1 saturated heterocycles. The van der Waals surface area contributed by atoms with Crippen molar-refractivity contribution in [1.29, 1.82) is 0 Å². The Balaban J connectivity index is 1.42. The van der Waals surface area contributed by atoms with Crippen molar-refractivity contribution in [3.63, 3.8) is 0 Å². The molecule has 1 atom stereocenters. The zero-order chi connectivity index (χ0) is 20.1. The monoisotopic (exact) mass is 389 g/mol. The zero-order valence-electron chi connectivity index (χ0n) is 16.3.